The summed E-state index contributed by atoms with van der Waals surface area (Å²) in [7, 11) is 1.77. The Kier molecular flexibility index (Phi) is 3.09. The van der Waals surface area contributed by atoms with E-state index < -0.39 is 0 Å². The van der Waals surface area contributed by atoms with Crippen molar-refractivity contribution in [2.45, 2.75) is 26.4 Å². The molecule has 1 rings (SSSR count). The van der Waals surface area contributed by atoms with Crippen LogP contribution in [0.25, 0.3) is 0 Å². The fourth-order valence-electron chi connectivity index (χ4n) is 1.11. The van der Waals surface area contributed by atoms with Gasteiger partial charge in [0.2, 0.25) is 0 Å². The molecule has 1 atom stereocenters. The average Bonchev–Trinajstić information content (AvgIpc) is 2.39. The summed E-state index contributed by atoms with van der Waals surface area (Å²) in [5, 5.41) is 0. The van der Waals surface area contributed by atoms with Crippen molar-refractivity contribution in [1.82, 2.24) is 0 Å². The number of hydrogen-bond acceptors (Lipinski definition) is 2. The molecule has 1 heterocycles. The molecule has 0 aliphatic rings. The molecule has 0 fully saturated rings. The quantitative estimate of drug-likeness (QED) is 0.677. The Labute approximate surface area is 72.0 Å². The van der Waals surface area contributed by atoms with E-state index in [0.29, 0.717) is 6.10 Å². The third-order valence-corrected chi connectivity index (χ3v) is 2.83. The second kappa shape index (κ2) is 3.88. The van der Waals surface area contributed by atoms with Crippen LogP contribution in [-0.4, -0.2) is 7.11 Å². The first-order valence-electron chi connectivity index (χ1n) is 3.87. The molecule has 0 spiro atoms. The molecule has 0 radical (unpaired) electrons. The maximum atomic E-state index is 5.31. The standard InChI is InChI=1S/C9H14OS/c1-4-8(10-3)9-6-5-7(2)11-9/h5-6,8H,4H2,1-3H3. The molecule has 0 aromatic carbocycles. The highest BCUT2D eigenvalue weighted by Crippen LogP contribution is 2.26. The Morgan fingerprint density at radius 3 is 2.64 bits per heavy atom. The molecule has 62 valence electrons. The second-order valence-electron chi connectivity index (χ2n) is 2.58. The van der Waals surface area contributed by atoms with Crippen LogP contribution in [0.3, 0.4) is 0 Å². The van der Waals surface area contributed by atoms with E-state index in [2.05, 4.69) is 26.0 Å². The fourth-order valence-corrected chi connectivity index (χ4v) is 2.15. The highest BCUT2D eigenvalue weighted by atomic mass is 32.1. The Bertz CT molecular complexity index is 213. The van der Waals surface area contributed by atoms with E-state index in [4.69, 9.17) is 4.74 Å². The molecule has 0 bridgehead atoms. The van der Waals surface area contributed by atoms with Crippen molar-refractivity contribution in [1.29, 1.82) is 0 Å². The first-order chi connectivity index (χ1) is 5.27. The van der Waals surface area contributed by atoms with E-state index in [1.54, 1.807) is 7.11 Å². The van der Waals surface area contributed by atoms with Gasteiger partial charge in [-0.1, -0.05) is 6.92 Å². The van der Waals surface area contributed by atoms with Gasteiger partial charge >= 0.3 is 0 Å². The van der Waals surface area contributed by atoms with Crippen LogP contribution in [0, 0.1) is 6.92 Å². The van der Waals surface area contributed by atoms with E-state index in [0.717, 1.165) is 6.42 Å². The first kappa shape index (κ1) is 8.75. The highest BCUT2D eigenvalue weighted by molar-refractivity contribution is 7.12. The third-order valence-electron chi connectivity index (χ3n) is 1.73. The number of methoxy groups -OCH3 is 1. The molecule has 0 saturated heterocycles. The summed E-state index contributed by atoms with van der Waals surface area (Å²) in [6.07, 6.45) is 1.35. The van der Waals surface area contributed by atoms with Crippen molar-refractivity contribution in [3.05, 3.63) is 21.9 Å². The average molecular weight is 170 g/mol. The van der Waals surface area contributed by atoms with Crippen LogP contribution in [0.1, 0.15) is 29.2 Å². The van der Waals surface area contributed by atoms with Gasteiger partial charge in [-0.2, -0.15) is 0 Å². The Balaban J connectivity index is 2.73. The van der Waals surface area contributed by atoms with Crippen molar-refractivity contribution in [3.8, 4) is 0 Å². The van der Waals surface area contributed by atoms with Crippen molar-refractivity contribution in [2.75, 3.05) is 7.11 Å². The van der Waals surface area contributed by atoms with Gasteiger partial charge in [-0.05, 0) is 25.5 Å². The van der Waals surface area contributed by atoms with Gasteiger partial charge in [0.25, 0.3) is 0 Å². The second-order valence-corrected chi connectivity index (χ2v) is 3.90. The fraction of sp³-hybridized carbons (Fsp3) is 0.556. The summed E-state index contributed by atoms with van der Waals surface area (Å²) in [6, 6.07) is 4.29. The van der Waals surface area contributed by atoms with Gasteiger partial charge in [0.05, 0.1) is 6.10 Å². The molecular formula is C9H14OS. The number of aryl methyl sites for hydroxylation is 1. The lowest BCUT2D eigenvalue weighted by Crippen LogP contribution is -1.95. The molecule has 0 aliphatic carbocycles. The summed E-state index contributed by atoms with van der Waals surface area (Å²) in [4.78, 5) is 2.70. The lowest BCUT2D eigenvalue weighted by Gasteiger charge is -2.09. The number of thiophene rings is 1. The van der Waals surface area contributed by atoms with E-state index in [1.165, 1.54) is 9.75 Å². The minimum absolute atomic E-state index is 0.300. The van der Waals surface area contributed by atoms with Crippen LogP contribution in [0.5, 0.6) is 0 Å². The van der Waals surface area contributed by atoms with E-state index in [1.807, 2.05) is 11.3 Å². The summed E-state index contributed by atoms with van der Waals surface area (Å²) in [5.41, 5.74) is 0. The molecule has 1 aromatic rings. The van der Waals surface area contributed by atoms with Gasteiger partial charge in [-0.25, -0.2) is 0 Å². The molecular weight excluding hydrogens is 156 g/mol. The summed E-state index contributed by atoms with van der Waals surface area (Å²) in [6.45, 7) is 4.26. The van der Waals surface area contributed by atoms with Crippen molar-refractivity contribution >= 4 is 11.3 Å². The maximum absolute atomic E-state index is 5.31. The number of ether oxygens (including phenoxy) is 1. The Hall–Kier alpha value is -0.340. The Morgan fingerprint density at radius 2 is 2.27 bits per heavy atom. The summed E-state index contributed by atoms with van der Waals surface area (Å²) < 4.78 is 5.31. The van der Waals surface area contributed by atoms with Gasteiger partial charge in [-0.15, -0.1) is 11.3 Å². The molecule has 1 unspecified atom stereocenters. The van der Waals surface area contributed by atoms with Crippen LogP contribution < -0.4 is 0 Å². The Morgan fingerprint density at radius 1 is 1.55 bits per heavy atom. The minimum atomic E-state index is 0.300. The highest BCUT2D eigenvalue weighted by Gasteiger charge is 2.08. The lowest BCUT2D eigenvalue weighted by atomic mass is 10.2. The number of rotatable bonds is 3. The van der Waals surface area contributed by atoms with Crippen LogP contribution in [0.4, 0.5) is 0 Å². The van der Waals surface area contributed by atoms with Crippen molar-refractivity contribution in [2.24, 2.45) is 0 Å². The van der Waals surface area contributed by atoms with Gasteiger partial charge < -0.3 is 4.74 Å². The first-order valence-corrected chi connectivity index (χ1v) is 4.68. The number of hydrogen-bond donors (Lipinski definition) is 0. The predicted molar refractivity (Wildman–Crippen MR) is 49.1 cm³/mol. The van der Waals surface area contributed by atoms with Crippen LogP contribution in [-0.2, 0) is 4.74 Å². The van der Waals surface area contributed by atoms with Gasteiger partial charge in [-0.3, -0.25) is 0 Å². The molecule has 0 amide bonds. The normalized spacial score (nSPS) is 13.4. The molecule has 1 nitrogen and oxygen atoms in total. The van der Waals surface area contributed by atoms with Crippen LogP contribution >= 0.6 is 11.3 Å². The SMILES string of the molecule is CCC(OC)c1ccc(C)s1. The lowest BCUT2D eigenvalue weighted by molar-refractivity contribution is 0.103. The summed E-state index contributed by atoms with van der Waals surface area (Å²) >= 11 is 1.82. The largest absolute Gasteiger partial charge is 0.376 e. The van der Waals surface area contributed by atoms with Crippen LogP contribution in [0.15, 0.2) is 12.1 Å². The van der Waals surface area contributed by atoms with Crippen molar-refractivity contribution < 1.29 is 4.74 Å². The predicted octanol–water partition coefficient (Wildman–Crippen LogP) is 3.15. The molecule has 0 N–H and O–H groups in total. The molecule has 1 aromatic heterocycles. The molecule has 11 heavy (non-hydrogen) atoms. The zero-order valence-electron chi connectivity index (χ0n) is 7.26. The van der Waals surface area contributed by atoms with E-state index in [9.17, 15) is 0 Å². The van der Waals surface area contributed by atoms with Gasteiger partial charge in [0.15, 0.2) is 0 Å². The van der Waals surface area contributed by atoms with Gasteiger partial charge in [0.1, 0.15) is 0 Å². The monoisotopic (exact) mass is 170 g/mol. The van der Waals surface area contributed by atoms with Crippen molar-refractivity contribution in [3.63, 3.8) is 0 Å². The zero-order valence-corrected chi connectivity index (χ0v) is 8.07. The maximum Gasteiger partial charge on any atom is 0.0910 e. The molecule has 2 heteroatoms. The van der Waals surface area contributed by atoms with E-state index in [-0.39, 0.29) is 0 Å². The molecule has 0 aliphatic heterocycles. The topological polar surface area (TPSA) is 9.23 Å². The zero-order chi connectivity index (χ0) is 8.27. The van der Waals surface area contributed by atoms with Gasteiger partial charge in [0, 0.05) is 16.9 Å². The minimum Gasteiger partial charge on any atom is -0.376 e. The molecule has 0 saturated carbocycles. The van der Waals surface area contributed by atoms with E-state index >= 15 is 0 Å². The van der Waals surface area contributed by atoms with Crippen LogP contribution in [0.2, 0.25) is 0 Å². The smallest absolute Gasteiger partial charge is 0.0910 e. The third kappa shape index (κ3) is 2.04. The summed E-state index contributed by atoms with van der Waals surface area (Å²) in [5.74, 6) is 0.